The normalized spacial score (nSPS) is 18.5. The molecule has 0 bridgehead atoms. The number of amides is 2. The number of rotatable bonds is 4. The van der Waals surface area contributed by atoms with E-state index in [4.69, 9.17) is 0 Å². The first-order chi connectivity index (χ1) is 13.4. The van der Waals surface area contributed by atoms with Crippen LogP contribution in [0.2, 0.25) is 0 Å². The lowest BCUT2D eigenvalue weighted by molar-refractivity contribution is -0.384. The lowest BCUT2D eigenvalue weighted by atomic mass is 9.94. The van der Waals surface area contributed by atoms with E-state index in [9.17, 15) is 19.7 Å². The van der Waals surface area contributed by atoms with E-state index in [1.165, 1.54) is 12.1 Å². The van der Waals surface area contributed by atoms with Gasteiger partial charge in [-0.3, -0.25) is 19.7 Å². The van der Waals surface area contributed by atoms with Crippen LogP contribution in [0.15, 0.2) is 24.3 Å². The molecule has 8 heteroatoms. The zero-order chi connectivity index (χ0) is 20.3. The minimum atomic E-state index is -0.402. The van der Waals surface area contributed by atoms with Crippen molar-refractivity contribution in [2.24, 2.45) is 11.8 Å². The van der Waals surface area contributed by atoms with Crippen LogP contribution in [0.1, 0.15) is 26.7 Å². The maximum absolute atomic E-state index is 12.9. The Morgan fingerprint density at radius 2 is 1.54 bits per heavy atom. The molecule has 1 aromatic rings. The van der Waals surface area contributed by atoms with Crippen molar-refractivity contribution in [3.63, 3.8) is 0 Å². The van der Waals surface area contributed by atoms with Crippen LogP contribution in [0, 0.1) is 22.0 Å². The fraction of sp³-hybridized carbons (Fsp3) is 0.600. The minimum Gasteiger partial charge on any atom is -0.368 e. The van der Waals surface area contributed by atoms with Crippen molar-refractivity contribution in [2.45, 2.75) is 26.7 Å². The summed E-state index contributed by atoms with van der Waals surface area (Å²) in [7, 11) is 0. The zero-order valence-corrected chi connectivity index (χ0v) is 16.5. The topological polar surface area (TPSA) is 87.0 Å². The Morgan fingerprint density at radius 1 is 0.964 bits per heavy atom. The molecule has 0 radical (unpaired) electrons. The number of piperazine rings is 1. The molecular formula is C20H28N4O4. The first-order valence-corrected chi connectivity index (χ1v) is 9.94. The van der Waals surface area contributed by atoms with Gasteiger partial charge in [-0.15, -0.1) is 0 Å². The molecule has 0 N–H and O–H groups in total. The quantitative estimate of drug-likeness (QED) is 0.583. The SMILES string of the molecule is CC(C)C(=O)N1CCC(C(=O)N2CCN(c3ccc([N+](=O)[O-])cc3)CC2)CC1. The van der Waals surface area contributed by atoms with Crippen LogP contribution in [0.5, 0.6) is 0 Å². The first-order valence-electron chi connectivity index (χ1n) is 9.94. The number of piperidine rings is 1. The molecule has 1 aromatic carbocycles. The average Bonchev–Trinajstić information content (AvgIpc) is 2.73. The first kappa shape index (κ1) is 20.1. The molecule has 2 aliphatic heterocycles. The molecule has 28 heavy (non-hydrogen) atoms. The van der Waals surface area contributed by atoms with Gasteiger partial charge in [-0.05, 0) is 25.0 Å². The number of likely N-dealkylation sites (tertiary alicyclic amines) is 1. The van der Waals surface area contributed by atoms with Crippen molar-refractivity contribution in [2.75, 3.05) is 44.2 Å². The smallest absolute Gasteiger partial charge is 0.269 e. The lowest BCUT2D eigenvalue weighted by Crippen LogP contribution is -2.52. The molecule has 8 nitrogen and oxygen atoms in total. The number of nitro benzene ring substituents is 1. The lowest BCUT2D eigenvalue weighted by Gasteiger charge is -2.39. The molecular weight excluding hydrogens is 360 g/mol. The van der Waals surface area contributed by atoms with Crippen molar-refractivity contribution >= 4 is 23.2 Å². The molecule has 0 saturated carbocycles. The molecule has 0 spiro atoms. The van der Waals surface area contributed by atoms with Crippen molar-refractivity contribution in [3.8, 4) is 0 Å². The number of carbonyl (C=O) groups is 2. The van der Waals surface area contributed by atoms with Gasteiger partial charge >= 0.3 is 0 Å². The average molecular weight is 388 g/mol. The summed E-state index contributed by atoms with van der Waals surface area (Å²) in [6.07, 6.45) is 1.47. The molecule has 2 fully saturated rings. The highest BCUT2D eigenvalue weighted by Gasteiger charge is 2.32. The van der Waals surface area contributed by atoms with Crippen LogP contribution >= 0.6 is 0 Å². The van der Waals surface area contributed by atoms with Gasteiger partial charge in [0.05, 0.1) is 4.92 Å². The number of benzene rings is 1. The van der Waals surface area contributed by atoms with Crippen LogP contribution < -0.4 is 4.90 Å². The minimum absolute atomic E-state index is 0.000231. The maximum Gasteiger partial charge on any atom is 0.269 e. The number of non-ortho nitro benzene ring substituents is 1. The van der Waals surface area contributed by atoms with E-state index in [0.717, 1.165) is 18.5 Å². The van der Waals surface area contributed by atoms with Crippen LogP contribution in [-0.2, 0) is 9.59 Å². The third-order valence-corrected chi connectivity index (χ3v) is 5.67. The zero-order valence-electron chi connectivity index (χ0n) is 16.5. The highest BCUT2D eigenvalue weighted by molar-refractivity contribution is 5.81. The monoisotopic (exact) mass is 388 g/mol. The molecule has 152 valence electrons. The number of nitrogens with zero attached hydrogens (tertiary/aromatic N) is 4. The predicted octanol–water partition coefficient (Wildman–Crippen LogP) is 2.14. The van der Waals surface area contributed by atoms with Crippen LogP contribution in [0.3, 0.4) is 0 Å². The van der Waals surface area contributed by atoms with E-state index < -0.39 is 4.92 Å². The van der Waals surface area contributed by atoms with E-state index in [1.54, 1.807) is 12.1 Å². The summed E-state index contributed by atoms with van der Waals surface area (Å²) in [5.74, 6) is 0.365. The van der Waals surface area contributed by atoms with Crippen molar-refractivity contribution in [1.82, 2.24) is 9.80 Å². The van der Waals surface area contributed by atoms with Crippen LogP contribution in [0.25, 0.3) is 0 Å². The summed E-state index contributed by atoms with van der Waals surface area (Å²) in [4.78, 5) is 41.3. The third kappa shape index (κ3) is 4.43. The molecule has 2 saturated heterocycles. The highest BCUT2D eigenvalue weighted by atomic mass is 16.6. The van der Waals surface area contributed by atoms with Gasteiger partial charge in [0.15, 0.2) is 0 Å². The molecule has 2 heterocycles. The summed E-state index contributed by atoms with van der Waals surface area (Å²) in [6, 6.07) is 6.55. The van der Waals surface area contributed by atoms with Gasteiger partial charge in [-0.1, -0.05) is 13.8 Å². The van der Waals surface area contributed by atoms with Crippen molar-refractivity contribution in [1.29, 1.82) is 0 Å². The van der Waals surface area contributed by atoms with E-state index in [-0.39, 0.29) is 29.3 Å². The second-order valence-electron chi connectivity index (χ2n) is 7.84. The second-order valence-corrected chi connectivity index (χ2v) is 7.84. The second kappa shape index (κ2) is 8.58. The summed E-state index contributed by atoms with van der Waals surface area (Å²) in [5, 5.41) is 10.8. The van der Waals surface area contributed by atoms with Gasteiger partial charge in [-0.2, -0.15) is 0 Å². The Morgan fingerprint density at radius 3 is 2.04 bits per heavy atom. The van der Waals surface area contributed by atoms with Gasteiger partial charge < -0.3 is 14.7 Å². The van der Waals surface area contributed by atoms with E-state index in [2.05, 4.69) is 4.90 Å². The summed E-state index contributed by atoms with van der Waals surface area (Å²) < 4.78 is 0. The Balaban J connectivity index is 1.49. The standard InChI is InChI=1S/C20H28N4O4/c1-15(2)19(25)22-9-7-16(8-10-22)20(26)23-13-11-21(12-14-23)17-3-5-18(6-4-17)24(27)28/h3-6,15-16H,7-14H2,1-2H3. The highest BCUT2D eigenvalue weighted by Crippen LogP contribution is 2.24. The maximum atomic E-state index is 12.9. The van der Waals surface area contributed by atoms with E-state index in [1.807, 2.05) is 23.6 Å². The van der Waals surface area contributed by atoms with Gasteiger partial charge in [0.25, 0.3) is 5.69 Å². The Kier molecular flexibility index (Phi) is 6.16. The molecule has 0 aliphatic carbocycles. The summed E-state index contributed by atoms with van der Waals surface area (Å²) in [5.41, 5.74) is 1.03. The predicted molar refractivity (Wildman–Crippen MR) is 106 cm³/mol. The molecule has 0 unspecified atom stereocenters. The fourth-order valence-electron chi connectivity index (χ4n) is 3.94. The van der Waals surface area contributed by atoms with Gasteiger partial charge in [0, 0.05) is 68.9 Å². The molecule has 0 aromatic heterocycles. The van der Waals surface area contributed by atoms with Gasteiger partial charge in [-0.25, -0.2) is 0 Å². The Hall–Kier alpha value is -2.64. The molecule has 2 aliphatic rings. The molecule has 2 amide bonds. The Bertz CT molecular complexity index is 718. The Labute approximate surface area is 165 Å². The van der Waals surface area contributed by atoms with Crippen LogP contribution in [-0.4, -0.2) is 65.8 Å². The third-order valence-electron chi connectivity index (χ3n) is 5.67. The van der Waals surface area contributed by atoms with Crippen molar-refractivity contribution in [3.05, 3.63) is 34.4 Å². The number of carbonyl (C=O) groups excluding carboxylic acids is 2. The van der Waals surface area contributed by atoms with Gasteiger partial charge in [0.1, 0.15) is 0 Å². The fourth-order valence-corrected chi connectivity index (χ4v) is 3.94. The van der Waals surface area contributed by atoms with E-state index >= 15 is 0 Å². The van der Waals surface area contributed by atoms with Gasteiger partial charge in [0.2, 0.25) is 11.8 Å². The summed E-state index contributed by atoms with van der Waals surface area (Å²) >= 11 is 0. The number of nitro groups is 1. The molecule has 0 atom stereocenters. The summed E-state index contributed by atoms with van der Waals surface area (Å²) in [6.45, 7) is 7.88. The van der Waals surface area contributed by atoms with Crippen LogP contribution in [0.4, 0.5) is 11.4 Å². The number of hydrogen-bond acceptors (Lipinski definition) is 5. The number of anilines is 1. The molecule has 3 rings (SSSR count). The number of hydrogen-bond donors (Lipinski definition) is 0. The van der Waals surface area contributed by atoms with Crippen molar-refractivity contribution < 1.29 is 14.5 Å². The largest absolute Gasteiger partial charge is 0.368 e. The van der Waals surface area contributed by atoms with E-state index in [0.29, 0.717) is 39.3 Å².